The van der Waals surface area contributed by atoms with Crippen LogP contribution in [-0.4, -0.2) is 50.5 Å². The largest absolute Gasteiger partial charge is 0.354 e. The van der Waals surface area contributed by atoms with Gasteiger partial charge in [0.1, 0.15) is 12.6 Å². The third kappa shape index (κ3) is 7.32. The molecule has 2 aromatic rings. The summed E-state index contributed by atoms with van der Waals surface area (Å²) in [7, 11) is -3.72. The Labute approximate surface area is 197 Å². The average molecular weight is 474 g/mol. The van der Waals surface area contributed by atoms with E-state index >= 15 is 0 Å². The predicted molar refractivity (Wildman–Crippen MR) is 133 cm³/mol. The molecule has 33 heavy (non-hydrogen) atoms. The number of carbonyl (C=O) groups excluding carboxylic acids is 2. The Bertz CT molecular complexity index is 1050. The maximum Gasteiger partial charge on any atom is 0.244 e. The second kappa shape index (κ2) is 11.8. The first-order chi connectivity index (χ1) is 15.6. The molecule has 7 nitrogen and oxygen atoms in total. The fraction of sp³-hybridized carbons (Fsp3) is 0.440. The first kappa shape index (κ1) is 26.4. The Balaban J connectivity index is 2.37. The minimum absolute atomic E-state index is 0.207. The number of hydrogen-bond donors (Lipinski definition) is 1. The monoisotopic (exact) mass is 473 g/mol. The Morgan fingerprint density at radius 2 is 1.67 bits per heavy atom. The van der Waals surface area contributed by atoms with Crippen LogP contribution >= 0.6 is 0 Å². The van der Waals surface area contributed by atoms with E-state index in [0.717, 1.165) is 40.1 Å². The molecule has 1 atom stereocenters. The summed E-state index contributed by atoms with van der Waals surface area (Å²) in [6, 6.07) is 14.0. The van der Waals surface area contributed by atoms with Crippen LogP contribution in [0, 0.1) is 6.92 Å². The zero-order valence-electron chi connectivity index (χ0n) is 20.2. The van der Waals surface area contributed by atoms with Gasteiger partial charge in [0, 0.05) is 13.1 Å². The quantitative estimate of drug-likeness (QED) is 0.543. The number of sulfonamides is 1. The molecular weight excluding hydrogens is 438 g/mol. The Kier molecular flexibility index (Phi) is 9.46. The number of anilines is 1. The van der Waals surface area contributed by atoms with Crippen LogP contribution in [-0.2, 0) is 32.6 Å². The highest BCUT2D eigenvalue weighted by Crippen LogP contribution is 2.20. The van der Waals surface area contributed by atoms with E-state index in [-0.39, 0.29) is 19.0 Å². The third-order valence-corrected chi connectivity index (χ3v) is 6.77. The molecule has 0 saturated carbocycles. The Hall–Kier alpha value is -2.87. The van der Waals surface area contributed by atoms with Crippen molar-refractivity contribution in [2.75, 3.05) is 23.7 Å². The summed E-state index contributed by atoms with van der Waals surface area (Å²) in [5, 5.41) is 2.83. The topological polar surface area (TPSA) is 86.8 Å². The summed E-state index contributed by atoms with van der Waals surface area (Å²) in [5.41, 5.74) is 3.38. The van der Waals surface area contributed by atoms with Crippen LogP contribution in [0.25, 0.3) is 0 Å². The van der Waals surface area contributed by atoms with Crippen LogP contribution in [0.3, 0.4) is 0 Å². The van der Waals surface area contributed by atoms with Gasteiger partial charge in [-0.25, -0.2) is 8.42 Å². The van der Waals surface area contributed by atoms with Gasteiger partial charge >= 0.3 is 0 Å². The minimum Gasteiger partial charge on any atom is -0.354 e. The van der Waals surface area contributed by atoms with Crippen molar-refractivity contribution >= 4 is 27.5 Å². The van der Waals surface area contributed by atoms with Crippen molar-refractivity contribution in [3.8, 4) is 0 Å². The fourth-order valence-electron chi connectivity index (χ4n) is 3.46. The molecule has 0 bridgehead atoms. The Morgan fingerprint density at radius 1 is 1.03 bits per heavy atom. The summed E-state index contributed by atoms with van der Waals surface area (Å²) < 4.78 is 26.2. The molecule has 0 radical (unpaired) electrons. The molecule has 2 aromatic carbocycles. The minimum atomic E-state index is -3.72. The second-order valence-electron chi connectivity index (χ2n) is 8.20. The molecule has 1 N–H and O–H groups in total. The van der Waals surface area contributed by atoms with Gasteiger partial charge in [0.15, 0.2) is 0 Å². The van der Waals surface area contributed by atoms with Crippen molar-refractivity contribution in [2.45, 2.75) is 53.1 Å². The van der Waals surface area contributed by atoms with Crippen LogP contribution in [0.4, 0.5) is 5.69 Å². The lowest BCUT2D eigenvalue weighted by Gasteiger charge is -2.32. The van der Waals surface area contributed by atoms with Gasteiger partial charge in [0.25, 0.3) is 0 Å². The first-order valence-corrected chi connectivity index (χ1v) is 13.1. The van der Waals surface area contributed by atoms with E-state index in [1.54, 1.807) is 19.1 Å². The molecule has 0 heterocycles. The van der Waals surface area contributed by atoms with E-state index in [2.05, 4.69) is 5.32 Å². The second-order valence-corrected chi connectivity index (χ2v) is 10.1. The highest BCUT2D eigenvalue weighted by Gasteiger charge is 2.30. The van der Waals surface area contributed by atoms with Gasteiger partial charge < -0.3 is 10.2 Å². The van der Waals surface area contributed by atoms with Crippen molar-refractivity contribution in [3.63, 3.8) is 0 Å². The standard InChI is InChI=1S/C25H35N3O4S/c1-6-16-26-25(30)20(4)27(17-22-11-9-8-10-19(22)3)24(29)18-28(33(5,31)32)23-14-12-21(7-2)13-15-23/h8-15,20H,6-7,16-18H2,1-5H3,(H,26,30). The van der Waals surface area contributed by atoms with Crippen LogP contribution in [0.15, 0.2) is 48.5 Å². The average Bonchev–Trinajstić information content (AvgIpc) is 2.79. The molecular formula is C25H35N3O4S. The summed E-state index contributed by atoms with van der Waals surface area (Å²) in [6.07, 6.45) is 2.68. The van der Waals surface area contributed by atoms with Crippen LogP contribution < -0.4 is 9.62 Å². The number of nitrogens with one attached hydrogen (secondary N) is 1. The zero-order chi connectivity index (χ0) is 24.6. The van der Waals surface area contributed by atoms with E-state index in [9.17, 15) is 18.0 Å². The number of benzene rings is 2. The maximum atomic E-state index is 13.5. The van der Waals surface area contributed by atoms with Gasteiger partial charge in [-0.3, -0.25) is 13.9 Å². The lowest BCUT2D eigenvalue weighted by atomic mass is 10.1. The summed E-state index contributed by atoms with van der Waals surface area (Å²) in [6.45, 7) is 7.91. The van der Waals surface area contributed by atoms with Crippen molar-refractivity contribution in [1.82, 2.24) is 10.2 Å². The van der Waals surface area contributed by atoms with Crippen molar-refractivity contribution in [1.29, 1.82) is 0 Å². The lowest BCUT2D eigenvalue weighted by molar-refractivity contribution is -0.139. The number of aryl methyl sites for hydroxylation is 2. The lowest BCUT2D eigenvalue weighted by Crippen LogP contribution is -2.51. The highest BCUT2D eigenvalue weighted by atomic mass is 32.2. The predicted octanol–water partition coefficient (Wildman–Crippen LogP) is 3.27. The van der Waals surface area contributed by atoms with E-state index in [0.29, 0.717) is 12.2 Å². The van der Waals surface area contributed by atoms with Gasteiger partial charge in [0.2, 0.25) is 21.8 Å². The van der Waals surface area contributed by atoms with Crippen molar-refractivity contribution < 1.29 is 18.0 Å². The molecule has 8 heteroatoms. The third-order valence-electron chi connectivity index (χ3n) is 5.63. The van der Waals surface area contributed by atoms with Crippen molar-refractivity contribution in [2.24, 2.45) is 0 Å². The molecule has 2 amide bonds. The van der Waals surface area contributed by atoms with Gasteiger partial charge in [0.05, 0.1) is 11.9 Å². The summed E-state index contributed by atoms with van der Waals surface area (Å²) in [4.78, 5) is 27.6. The first-order valence-electron chi connectivity index (χ1n) is 11.3. The SMILES string of the molecule is CCCNC(=O)C(C)N(Cc1ccccc1C)C(=O)CN(c1ccc(CC)cc1)S(C)(=O)=O. The number of carbonyl (C=O) groups is 2. The van der Waals surface area contributed by atoms with Crippen LogP contribution in [0.2, 0.25) is 0 Å². The van der Waals surface area contributed by atoms with Gasteiger partial charge in [-0.1, -0.05) is 50.2 Å². The van der Waals surface area contributed by atoms with E-state index in [4.69, 9.17) is 0 Å². The van der Waals surface area contributed by atoms with E-state index < -0.39 is 22.0 Å². The Morgan fingerprint density at radius 3 is 2.21 bits per heavy atom. The number of amides is 2. The fourth-order valence-corrected chi connectivity index (χ4v) is 4.31. The number of hydrogen-bond acceptors (Lipinski definition) is 4. The molecule has 2 rings (SSSR count). The number of nitrogens with zero attached hydrogens (tertiary/aromatic N) is 2. The van der Waals surface area contributed by atoms with Crippen LogP contribution in [0.1, 0.15) is 43.9 Å². The molecule has 0 fully saturated rings. The molecule has 0 aromatic heterocycles. The molecule has 1 unspecified atom stereocenters. The number of rotatable bonds is 11. The van der Waals surface area contributed by atoms with E-state index in [1.807, 2.05) is 57.2 Å². The molecule has 0 saturated heterocycles. The van der Waals surface area contributed by atoms with Crippen molar-refractivity contribution in [3.05, 3.63) is 65.2 Å². The molecule has 0 spiro atoms. The zero-order valence-corrected chi connectivity index (χ0v) is 21.0. The van der Waals surface area contributed by atoms with Gasteiger partial charge in [-0.2, -0.15) is 0 Å². The van der Waals surface area contributed by atoms with Crippen LogP contribution in [0.5, 0.6) is 0 Å². The van der Waals surface area contributed by atoms with Gasteiger partial charge in [-0.15, -0.1) is 0 Å². The molecule has 180 valence electrons. The van der Waals surface area contributed by atoms with E-state index in [1.165, 1.54) is 4.90 Å². The summed E-state index contributed by atoms with van der Waals surface area (Å²) in [5.74, 6) is -0.709. The summed E-state index contributed by atoms with van der Waals surface area (Å²) >= 11 is 0. The normalized spacial score (nSPS) is 12.2. The highest BCUT2D eigenvalue weighted by molar-refractivity contribution is 7.92. The van der Waals surface area contributed by atoms with Gasteiger partial charge in [-0.05, 0) is 55.5 Å². The smallest absolute Gasteiger partial charge is 0.244 e. The molecule has 0 aliphatic heterocycles. The molecule has 0 aliphatic rings. The molecule has 0 aliphatic carbocycles. The maximum absolute atomic E-state index is 13.5.